The maximum atomic E-state index is 13.1. The van der Waals surface area contributed by atoms with Crippen LogP contribution in [0, 0.1) is 17.2 Å². The van der Waals surface area contributed by atoms with Crippen LogP contribution >= 0.6 is 11.6 Å². The van der Waals surface area contributed by atoms with E-state index in [1.54, 1.807) is 12.1 Å². The molecule has 4 heteroatoms. The van der Waals surface area contributed by atoms with Gasteiger partial charge in [-0.15, -0.1) is 0 Å². The Morgan fingerprint density at radius 2 is 2.15 bits per heavy atom. The first-order valence-electron chi connectivity index (χ1n) is 7.14. The second kappa shape index (κ2) is 5.90. The van der Waals surface area contributed by atoms with Gasteiger partial charge in [-0.25, -0.2) is 4.39 Å². The van der Waals surface area contributed by atoms with Gasteiger partial charge in [0.25, 0.3) is 0 Å². The maximum absolute atomic E-state index is 13.1. The molecule has 0 aromatic heterocycles. The van der Waals surface area contributed by atoms with Crippen molar-refractivity contribution in [2.75, 3.05) is 11.9 Å². The van der Waals surface area contributed by atoms with Gasteiger partial charge in [0.05, 0.1) is 11.1 Å². The van der Waals surface area contributed by atoms with E-state index in [9.17, 15) is 4.39 Å². The molecule has 1 saturated carbocycles. The van der Waals surface area contributed by atoms with Crippen LogP contribution in [0.15, 0.2) is 18.2 Å². The summed E-state index contributed by atoms with van der Waals surface area (Å²) in [6.45, 7) is 9.50. The monoisotopic (exact) mass is 299 g/mol. The van der Waals surface area contributed by atoms with E-state index < -0.39 is 0 Å². The molecule has 0 aliphatic heterocycles. The van der Waals surface area contributed by atoms with Crippen LogP contribution in [0.4, 0.5) is 10.1 Å². The Morgan fingerprint density at radius 3 is 2.70 bits per heavy atom. The summed E-state index contributed by atoms with van der Waals surface area (Å²) in [5, 5.41) is 3.58. The smallest absolute Gasteiger partial charge is 0.141 e. The van der Waals surface area contributed by atoms with Crippen LogP contribution < -0.4 is 5.32 Å². The van der Waals surface area contributed by atoms with Crippen LogP contribution in [0.25, 0.3) is 0 Å². The summed E-state index contributed by atoms with van der Waals surface area (Å²) in [4.78, 5) is 0. The fourth-order valence-electron chi connectivity index (χ4n) is 2.51. The standard InChI is InChI=1S/C16H23ClFNO/c1-10(2)9-20-15-8-14(16(15,3)4)19-11-5-6-13(18)12(17)7-11/h5-7,10,14-15,19H,8-9H2,1-4H3. The summed E-state index contributed by atoms with van der Waals surface area (Å²) in [5.41, 5.74) is 0.923. The minimum absolute atomic E-state index is 0.0652. The molecule has 2 nitrogen and oxygen atoms in total. The number of nitrogens with one attached hydrogen (secondary N) is 1. The number of hydrogen-bond donors (Lipinski definition) is 1. The molecule has 1 fully saturated rings. The number of rotatable bonds is 5. The third-order valence-electron chi connectivity index (χ3n) is 4.07. The van der Waals surface area contributed by atoms with Crippen molar-refractivity contribution in [2.24, 2.45) is 11.3 Å². The molecule has 0 amide bonds. The Morgan fingerprint density at radius 1 is 1.45 bits per heavy atom. The molecular weight excluding hydrogens is 277 g/mol. The fourth-order valence-corrected chi connectivity index (χ4v) is 2.69. The third kappa shape index (κ3) is 3.26. The molecule has 0 saturated heterocycles. The molecular formula is C16H23ClFNO. The number of halogens is 2. The van der Waals surface area contributed by atoms with Crippen molar-refractivity contribution in [3.05, 3.63) is 29.0 Å². The molecule has 0 radical (unpaired) electrons. The highest BCUT2D eigenvalue weighted by atomic mass is 35.5. The summed E-state index contributed by atoms with van der Waals surface area (Å²) in [7, 11) is 0. The zero-order valence-corrected chi connectivity index (χ0v) is 13.3. The number of anilines is 1. The summed E-state index contributed by atoms with van der Waals surface area (Å²) >= 11 is 5.80. The van der Waals surface area contributed by atoms with Crippen LogP contribution in [-0.2, 0) is 4.74 Å². The molecule has 2 unspecified atom stereocenters. The van der Waals surface area contributed by atoms with Crippen molar-refractivity contribution in [2.45, 2.75) is 46.3 Å². The van der Waals surface area contributed by atoms with Crippen LogP contribution in [0.1, 0.15) is 34.1 Å². The summed E-state index contributed by atoms with van der Waals surface area (Å²) in [5.74, 6) is 0.164. The molecule has 1 N–H and O–H groups in total. The summed E-state index contributed by atoms with van der Waals surface area (Å²) in [6, 6.07) is 5.07. The minimum atomic E-state index is -0.386. The van der Waals surface area contributed by atoms with Crippen molar-refractivity contribution in [3.63, 3.8) is 0 Å². The van der Waals surface area contributed by atoms with E-state index in [2.05, 4.69) is 33.0 Å². The first-order chi connectivity index (χ1) is 9.30. The average Bonchev–Trinajstić information content (AvgIpc) is 2.36. The third-order valence-corrected chi connectivity index (χ3v) is 4.36. The van der Waals surface area contributed by atoms with Crippen molar-refractivity contribution in [1.29, 1.82) is 0 Å². The number of ether oxygens (including phenoxy) is 1. The highest BCUT2D eigenvalue weighted by Gasteiger charge is 2.49. The zero-order valence-electron chi connectivity index (χ0n) is 12.5. The maximum Gasteiger partial charge on any atom is 0.141 e. The summed E-state index contributed by atoms with van der Waals surface area (Å²) < 4.78 is 19.1. The molecule has 1 aromatic carbocycles. The topological polar surface area (TPSA) is 21.3 Å². The van der Waals surface area contributed by atoms with Crippen LogP contribution in [0.5, 0.6) is 0 Å². The second-order valence-electron chi connectivity index (χ2n) is 6.60. The predicted molar refractivity (Wildman–Crippen MR) is 81.8 cm³/mol. The van der Waals surface area contributed by atoms with E-state index in [1.807, 2.05) is 0 Å². The van der Waals surface area contributed by atoms with Crippen LogP contribution in [0.3, 0.4) is 0 Å². The number of benzene rings is 1. The van der Waals surface area contributed by atoms with E-state index in [1.165, 1.54) is 6.07 Å². The van der Waals surface area contributed by atoms with E-state index in [0.29, 0.717) is 12.0 Å². The summed E-state index contributed by atoms with van der Waals surface area (Å²) in [6.07, 6.45) is 1.24. The van der Waals surface area contributed by atoms with Gasteiger partial charge in [0.15, 0.2) is 0 Å². The molecule has 0 bridgehead atoms. The van der Waals surface area contributed by atoms with Gasteiger partial charge in [-0.1, -0.05) is 39.3 Å². The highest BCUT2D eigenvalue weighted by molar-refractivity contribution is 6.31. The normalized spacial score (nSPS) is 24.6. The lowest BCUT2D eigenvalue weighted by atomic mass is 9.64. The van der Waals surface area contributed by atoms with Crippen molar-refractivity contribution >= 4 is 17.3 Å². The lowest BCUT2D eigenvalue weighted by molar-refractivity contribution is -0.108. The molecule has 2 rings (SSSR count). The van der Waals surface area contributed by atoms with Crippen LogP contribution in [0.2, 0.25) is 5.02 Å². The van der Waals surface area contributed by atoms with Crippen molar-refractivity contribution < 1.29 is 9.13 Å². The first kappa shape index (κ1) is 15.6. The Bertz CT molecular complexity index is 476. The zero-order chi connectivity index (χ0) is 14.9. The Hall–Kier alpha value is -0.800. The molecule has 20 heavy (non-hydrogen) atoms. The molecule has 1 aliphatic rings. The van der Waals surface area contributed by atoms with E-state index in [4.69, 9.17) is 16.3 Å². The molecule has 1 aliphatic carbocycles. The predicted octanol–water partition coefficient (Wildman–Crippen LogP) is 4.73. The van der Waals surface area contributed by atoms with Gasteiger partial charge in [0.1, 0.15) is 5.82 Å². The van der Waals surface area contributed by atoms with Crippen LogP contribution in [-0.4, -0.2) is 18.8 Å². The number of hydrogen-bond acceptors (Lipinski definition) is 2. The van der Waals surface area contributed by atoms with Gasteiger partial charge >= 0.3 is 0 Å². The molecule has 112 valence electrons. The quantitative estimate of drug-likeness (QED) is 0.848. The molecule has 2 atom stereocenters. The lowest BCUT2D eigenvalue weighted by Gasteiger charge is -2.52. The Labute approximate surface area is 125 Å². The Kier molecular flexibility index (Phi) is 4.60. The van der Waals surface area contributed by atoms with E-state index >= 15 is 0 Å². The second-order valence-corrected chi connectivity index (χ2v) is 7.01. The first-order valence-corrected chi connectivity index (χ1v) is 7.51. The van der Waals surface area contributed by atoms with Crippen molar-refractivity contribution in [3.8, 4) is 0 Å². The van der Waals surface area contributed by atoms with Gasteiger partial charge in [-0.2, -0.15) is 0 Å². The van der Waals surface area contributed by atoms with Gasteiger partial charge in [0, 0.05) is 23.8 Å². The SMILES string of the molecule is CC(C)COC1CC(Nc2ccc(F)c(Cl)c2)C1(C)C. The Balaban J connectivity index is 1.93. The van der Waals surface area contributed by atoms with Gasteiger partial charge < -0.3 is 10.1 Å². The minimum Gasteiger partial charge on any atom is -0.382 e. The molecule has 0 spiro atoms. The van der Waals surface area contributed by atoms with Gasteiger partial charge in [-0.05, 0) is 30.5 Å². The van der Waals surface area contributed by atoms with Crippen molar-refractivity contribution in [1.82, 2.24) is 0 Å². The molecule has 0 heterocycles. The van der Waals surface area contributed by atoms with E-state index in [0.717, 1.165) is 18.7 Å². The van der Waals surface area contributed by atoms with Gasteiger partial charge in [0.2, 0.25) is 0 Å². The largest absolute Gasteiger partial charge is 0.382 e. The highest BCUT2D eigenvalue weighted by Crippen LogP contribution is 2.44. The average molecular weight is 300 g/mol. The fraction of sp³-hybridized carbons (Fsp3) is 0.625. The van der Waals surface area contributed by atoms with E-state index in [-0.39, 0.29) is 22.4 Å². The molecule has 1 aromatic rings. The lowest BCUT2D eigenvalue weighted by Crippen LogP contribution is -2.58. The van der Waals surface area contributed by atoms with Gasteiger partial charge in [-0.3, -0.25) is 0 Å².